The Labute approximate surface area is 133 Å². The molecule has 0 fully saturated rings. The van der Waals surface area contributed by atoms with E-state index >= 15 is 0 Å². The molecule has 0 aliphatic heterocycles. The molecule has 0 aliphatic rings. The van der Waals surface area contributed by atoms with Crippen LogP contribution in [0.25, 0.3) is 0 Å². The second kappa shape index (κ2) is 9.41. The van der Waals surface area contributed by atoms with E-state index in [-0.39, 0.29) is 0 Å². The van der Waals surface area contributed by atoms with Crippen LogP contribution < -0.4 is 10.2 Å². The van der Waals surface area contributed by atoms with Gasteiger partial charge in [-0.3, -0.25) is 0 Å². The van der Waals surface area contributed by atoms with Crippen molar-refractivity contribution in [2.45, 2.75) is 47.1 Å². The number of benzene rings is 1. The van der Waals surface area contributed by atoms with Crippen molar-refractivity contribution in [3.8, 4) is 0 Å². The molecular weight excluding hydrogens is 312 g/mol. The lowest BCUT2D eigenvalue weighted by Crippen LogP contribution is -2.29. The number of hydrogen-bond donors (Lipinski definition) is 1. The van der Waals surface area contributed by atoms with E-state index in [1.807, 2.05) is 0 Å². The first kappa shape index (κ1) is 17.5. The number of anilines is 1. The van der Waals surface area contributed by atoms with Crippen molar-refractivity contribution in [3.63, 3.8) is 0 Å². The van der Waals surface area contributed by atoms with Crippen molar-refractivity contribution in [1.29, 1.82) is 0 Å². The average Bonchev–Trinajstić information content (AvgIpc) is 2.46. The zero-order valence-electron chi connectivity index (χ0n) is 13.4. The maximum absolute atomic E-state index is 3.61. The lowest BCUT2D eigenvalue weighted by atomic mass is 10.1. The van der Waals surface area contributed by atoms with Gasteiger partial charge in [0.05, 0.1) is 0 Å². The molecule has 1 unspecified atom stereocenters. The highest BCUT2D eigenvalue weighted by molar-refractivity contribution is 9.10. The van der Waals surface area contributed by atoms with Gasteiger partial charge in [-0.25, -0.2) is 0 Å². The average molecular weight is 341 g/mol. The van der Waals surface area contributed by atoms with Crippen LogP contribution in [0.4, 0.5) is 5.69 Å². The van der Waals surface area contributed by atoms with E-state index in [4.69, 9.17) is 0 Å². The monoisotopic (exact) mass is 340 g/mol. The van der Waals surface area contributed by atoms with Gasteiger partial charge in [0.25, 0.3) is 0 Å². The summed E-state index contributed by atoms with van der Waals surface area (Å²) in [7, 11) is 0. The molecule has 0 aliphatic carbocycles. The second-order valence-electron chi connectivity index (χ2n) is 5.50. The normalized spacial score (nSPS) is 12.4. The Hall–Kier alpha value is -0.540. The molecule has 0 radical (unpaired) electrons. The highest BCUT2D eigenvalue weighted by Crippen LogP contribution is 2.26. The third-order valence-corrected chi connectivity index (χ3v) is 4.23. The number of hydrogen-bond acceptors (Lipinski definition) is 2. The van der Waals surface area contributed by atoms with Crippen LogP contribution in [0, 0.1) is 5.92 Å². The molecule has 1 rings (SSSR count). The highest BCUT2D eigenvalue weighted by Gasteiger charge is 2.12. The smallest absolute Gasteiger partial charge is 0.0423 e. The third-order valence-electron chi connectivity index (χ3n) is 3.74. The predicted molar refractivity (Wildman–Crippen MR) is 93.5 cm³/mol. The van der Waals surface area contributed by atoms with Gasteiger partial charge in [0.1, 0.15) is 0 Å². The summed E-state index contributed by atoms with van der Waals surface area (Å²) in [6.45, 7) is 13.3. The van der Waals surface area contributed by atoms with Gasteiger partial charge in [-0.05, 0) is 43.5 Å². The summed E-state index contributed by atoms with van der Waals surface area (Å²) in [6.07, 6.45) is 2.41. The van der Waals surface area contributed by atoms with Crippen LogP contribution in [0.1, 0.15) is 46.1 Å². The van der Waals surface area contributed by atoms with Crippen LogP contribution in [-0.4, -0.2) is 19.6 Å². The zero-order chi connectivity index (χ0) is 15.0. The molecule has 0 saturated heterocycles. The van der Waals surface area contributed by atoms with Gasteiger partial charge in [-0.15, -0.1) is 0 Å². The SMILES string of the molecule is CCCNCc1ccc(Br)cc1N(CC)CC(C)CC. The molecule has 1 aromatic carbocycles. The van der Waals surface area contributed by atoms with E-state index in [9.17, 15) is 0 Å². The molecule has 0 aromatic heterocycles. The van der Waals surface area contributed by atoms with Crippen LogP contribution in [0.5, 0.6) is 0 Å². The molecule has 0 heterocycles. The van der Waals surface area contributed by atoms with Crippen LogP contribution in [0.15, 0.2) is 22.7 Å². The Morgan fingerprint density at radius 2 is 2.00 bits per heavy atom. The maximum atomic E-state index is 3.61. The molecule has 0 saturated carbocycles. The minimum Gasteiger partial charge on any atom is -0.371 e. The molecule has 0 bridgehead atoms. The summed E-state index contributed by atoms with van der Waals surface area (Å²) in [4.78, 5) is 2.50. The van der Waals surface area contributed by atoms with E-state index in [0.717, 1.165) is 36.6 Å². The Kier molecular flexibility index (Phi) is 8.24. The largest absolute Gasteiger partial charge is 0.371 e. The van der Waals surface area contributed by atoms with E-state index in [1.54, 1.807) is 0 Å². The van der Waals surface area contributed by atoms with E-state index < -0.39 is 0 Å². The van der Waals surface area contributed by atoms with Crippen molar-refractivity contribution in [1.82, 2.24) is 5.32 Å². The van der Waals surface area contributed by atoms with Crippen molar-refractivity contribution >= 4 is 21.6 Å². The van der Waals surface area contributed by atoms with Gasteiger partial charge >= 0.3 is 0 Å². The minimum absolute atomic E-state index is 0.727. The standard InChI is InChI=1S/C17H29BrN2/c1-5-10-19-12-15-8-9-16(18)11-17(15)20(7-3)13-14(4)6-2/h8-9,11,14,19H,5-7,10,12-13H2,1-4H3. The summed E-state index contributed by atoms with van der Waals surface area (Å²) in [5.74, 6) is 0.727. The Morgan fingerprint density at radius 3 is 2.60 bits per heavy atom. The Morgan fingerprint density at radius 1 is 1.25 bits per heavy atom. The quantitative estimate of drug-likeness (QED) is 0.648. The topological polar surface area (TPSA) is 15.3 Å². The zero-order valence-corrected chi connectivity index (χ0v) is 15.0. The number of nitrogens with one attached hydrogen (secondary N) is 1. The van der Waals surface area contributed by atoms with Crippen molar-refractivity contribution in [2.24, 2.45) is 5.92 Å². The predicted octanol–water partition coefficient (Wildman–Crippen LogP) is 4.82. The summed E-state index contributed by atoms with van der Waals surface area (Å²) < 4.78 is 1.16. The molecule has 0 amide bonds. The van der Waals surface area contributed by atoms with Crippen LogP contribution in [-0.2, 0) is 6.54 Å². The molecule has 1 atom stereocenters. The molecule has 2 nitrogen and oxygen atoms in total. The molecule has 1 N–H and O–H groups in total. The van der Waals surface area contributed by atoms with E-state index in [1.165, 1.54) is 24.1 Å². The lowest BCUT2D eigenvalue weighted by Gasteiger charge is -2.28. The molecule has 0 spiro atoms. The molecule has 3 heteroatoms. The van der Waals surface area contributed by atoms with Crippen LogP contribution >= 0.6 is 15.9 Å². The lowest BCUT2D eigenvalue weighted by molar-refractivity contribution is 0.546. The van der Waals surface area contributed by atoms with Gasteiger partial charge < -0.3 is 10.2 Å². The van der Waals surface area contributed by atoms with E-state index in [2.05, 4.69) is 72.0 Å². The summed E-state index contributed by atoms with van der Waals surface area (Å²) in [5.41, 5.74) is 2.76. The maximum Gasteiger partial charge on any atom is 0.0423 e. The van der Waals surface area contributed by atoms with Crippen molar-refractivity contribution in [3.05, 3.63) is 28.2 Å². The molecule has 114 valence electrons. The third kappa shape index (κ3) is 5.45. The Bertz CT molecular complexity index is 393. The first-order chi connectivity index (χ1) is 9.62. The van der Waals surface area contributed by atoms with Gasteiger partial charge in [-0.2, -0.15) is 0 Å². The van der Waals surface area contributed by atoms with Gasteiger partial charge in [-0.1, -0.05) is 49.2 Å². The van der Waals surface area contributed by atoms with Crippen molar-refractivity contribution in [2.75, 3.05) is 24.5 Å². The van der Waals surface area contributed by atoms with Crippen LogP contribution in [0.2, 0.25) is 0 Å². The first-order valence-corrected chi connectivity index (χ1v) is 8.65. The van der Waals surface area contributed by atoms with Crippen LogP contribution in [0.3, 0.4) is 0 Å². The molecule has 1 aromatic rings. The summed E-state index contributed by atoms with van der Waals surface area (Å²) in [5, 5.41) is 3.52. The first-order valence-electron chi connectivity index (χ1n) is 7.86. The Balaban J connectivity index is 2.90. The van der Waals surface area contributed by atoms with Gasteiger partial charge in [0.15, 0.2) is 0 Å². The molecular formula is C17H29BrN2. The summed E-state index contributed by atoms with van der Waals surface area (Å²) in [6, 6.07) is 6.64. The van der Waals surface area contributed by atoms with Gasteiger partial charge in [0, 0.05) is 29.8 Å². The van der Waals surface area contributed by atoms with E-state index in [0.29, 0.717) is 0 Å². The minimum atomic E-state index is 0.727. The highest BCUT2D eigenvalue weighted by atomic mass is 79.9. The molecule has 20 heavy (non-hydrogen) atoms. The number of halogens is 1. The summed E-state index contributed by atoms with van der Waals surface area (Å²) >= 11 is 3.61. The second-order valence-corrected chi connectivity index (χ2v) is 6.42. The number of rotatable bonds is 9. The van der Waals surface area contributed by atoms with Crippen molar-refractivity contribution < 1.29 is 0 Å². The van der Waals surface area contributed by atoms with Gasteiger partial charge in [0.2, 0.25) is 0 Å². The fourth-order valence-corrected chi connectivity index (χ4v) is 2.63. The fourth-order valence-electron chi connectivity index (χ4n) is 2.28. The fraction of sp³-hybridized carbons (Fsp3) is 0.647. The number of nitrogens with zero attached hydrogens (tertiary/aromatic N) is 1.